The first-order chi connectivity index (χ1) is 9.65. The summed E-state index contributed by atoms with van der Waals surface area (Å²) in [6.45, 7) is 5.03. The first kappa shape index (κ1) is 13.3. The molecule has 1 aliphatic rings. The molecule has 6 heteroatoms. The fourth-order valence-electron chi connectivity index (χ4n) is 2.80. The number of hydrogen-bond donors (Lipinski definition) is 1. The second kappa shape index (κ2) is 5.38. The summed E-state index contributed by atoms with van der Waals surface area (Å²) in [7, 11) is 0. The molecule has 0 bridgehead atoms. The van der Waals surface area contributed by atoms with Gasteiger partial charge in [0.05, 0.1) is 6.10 Å². The van der Waals surface area contributed by atoms with Gasteiger partial charge in [0.15, 0.2) is 11.2 Å². The zero-order valence-corrected chi connectivity index (χ0v) is 11.5. The predicted octanol–water partition coefficient (Wildman–Crippen LogP) is 0.692. The van der Waals surface area contributed by atoms with Crippen LogP contribution in [0.1, 0.15) is 13.3 Å². The highest BCUT2D eigenvalue weighted by Crippen LogP contribution is 2.19. The van der Waals surface area contributed by atoms with Gasteiger partial charge in [-0.25, -0.2) is 9.78 Å². The Morgan fingerprint density at radius 3 is 3.15 bits per heavy atom. The average molecular weight is 277 g/mol. The van der Waals surface area contributed by atoms with Crippen LogP contribution in [-0.4, -0.2) is 45.3 Å². The number of likely N-dealkylation sites (tertiary alicyclic amines) is 1. The van der Waals surface area contributed by atoms with Crippen LogP contribution >= 0.6 is 0 Å². The molecule has 1 fully saturated rings. The van der Waals surface area contributed by atoms with Gasteiger partial charge in [-0.3, -0.25) is 4.57 Å². The molecule has 1 N–H and O–H groups in total. The van der Waals surface area contributed by atoms with Crippen molar-refractivity contribution < 1.29 is 9.52 Å². The number of hydrogen-bond acceptors (Lipinski definition) is 5. The van der Waals surface area contributed by atoms with Crippen molar-refractivity contribution >= 4 is 11.2 Å². The number of rotatable bonds is 4. The molecule has 1 aliphatic heterocycles. The molecule has 20 heavy (non-hydrogen) atoms. The minimum Gasteiger partial charge on any atom is -0.406 e. The molecule has 2 aromatic rings. The van der Waals surface area contributed by atoms with Crippen LogP contribution in [0.25, 0.3) is 11.2 Å². The van der Waals surface area contributed by atoms with E-state index in [1.807, 2.05) is 6.92 Å². The lowest BCUT2D eigenvalue weighted by Gasteiger charge is -2.17. The fraction of sp³-hybridized carbons (Fsp3) is 0.571. The Morgan fingerprint density at radius 1 is 1.55 bits per heavy atom. The summed E-state index contributed by atoms with van der Waals surface area (Å²) in [5.41, 5.74) is 1.13. The highest BCUT2D eigenvalue weighted by molar-refractivity contribution is 5.67. The molecule has 0 amide bonds. The molecule has 3 heterocycles. The molecule has 0 aliphatic carbocycles. The third-order valence-corrected chi connectivity index (χ3v) is 4.06. The number of nitrogens with zero attached hydrogens (tertiary/aromatic N) is 3. The number of fused-ring (bicyclic) bond motifs is 1. The molecular weight excluding hydrogens is 258 g/mol. The zero-order valence-electron chi connectivity index (χ0n) is 11.5. The number of oxazole rings is 1. The van der Waals surface area contributed by atoms with Crippen molar-refractivity contribution in [3.05, 3.63) is 28.9 Å². The topological polar surface area (TPSA) is 71.5 Å². The Hall–Kier alpha value is -1.66. The molecular formula is C14H19N3O3. The smallest absolute Gasteiger partial charge is 0.406 e. The highest BCUT2D eigenvalue weighted by Gasteiger charge is 2.25. The quantitative estimate of drug-likeness (QED) is 0.890. The van der Waals surface area contributed by atoms with E-state index in [4.69, 9.17) is 4.42 Å². The maximum atomic E-state index is 11.8. The van der Waals surface area contributed by atoms with Gasteiger partial charge in [-0.15, -0.1) is 0 Å². The monoisotopic (exact) mass is 277 g/mol. The van der Waals surface area contributed by atoms with Gasteiger partial charge in [-0.1, -0.05) is 0 Å². The van der Waals surface area contributed by atoms with Crippen molar-refractivity contribution in [2.75, 3.05) is 19.6 Å². The molecule has 0 aromatic carbocycles. The molecule has 0 spiro atoms. The average Bonchev–Trinajstić information content (AvgIpc) is 3.00. The van der Waals surface area contributed by atoms with E-state index >= 15 is 0 Å². The van der Waals surface area contributed by atoms with Crippen molar-refractivity contribution in [2.45, 2.75) is 26.0 Å². The Labute approximate surface area is 116 Å². The van der Waals surface area contributed by atoms with Gasteiger partial charge in [0.25, 0.3) is 0 Å². The molecule has 1 saturated heterocycles. The highest BCUT2D eigenvalue weighted by atomic mass is 16.4. The van der Waals surface area contributed by atoms with Crippen LogP contribution in [0, 0.1) is 5.92 Å². The number of aromatic nitrogens is 2. The molecule has 2 aromatic heterocycles. The minimum atomic E-state index is -0.357. The SMILES string of the molecule is CC(O)C1CCN(CCn2c(=O)oc3cccnc32)C1. The van der Waals surface area contributed by atoms with E-state index in [0.717, 1.165) is 26.1 Å². The molecule has 108 valence electrons. The minimum absolute atomic E-state index is 0.265. The van der Waals surface area contributed by atoms with Crippen molar-refractivity contribution in [1.29, 1.82) is 0 Å². The summed E-state index contributed by atoms with van der Waals surface area (Å²) in [6, 6.07) is 3.50. The zero-order chi connectivity index (χ0) is 14.1. The van der Waals surface area contributed by atoms with Crippen LogP contribution in [0.3, 0.4) is 0 Å². The van der Waals surface area contributed by atoms with Crippen molar-refractivity contribution in [2.24, 2.45) is 5.92 Å². The van der Waals surface area contributed by atoms with Gasteiger partial charge in [0, 0.05) is 25.8 Å². The second-order valence-electron chi connectivity index (χ2n) is 5.43. The third kappa shape index (κ3) is 2.48. The largest absolute Gasteiger partial charge is 0.421 e. The summed E-state index contributed by atoms with van der Waals surface area (Å²) >= 11 is 0. The second-order valence-corrected chi connectivity index (χ2v) is 5.43. The molecule has 0 radical (unpaired) electrons. The van der Waals surface area contributed by atoms with Gasteiger partial charge >= 0.3 is 5.76 Å². The van der Waals surface area contributed by atoms with Gasteiger partial charge in [0.1, 0.15) is 0 Å². The summed E-state index contributed by atoms with van der Waals surface area (Å²) in [5, 5.41) is 9.60. The lowest BCUT2D eigenvalue weighted by molar-refractivity contribution is 0.127. The van der Waals surface area contributed by atoms with E-state index in [0.29, 0.717) is 23.7 Å². The predicted molar refractivity (Wildman–Crippen MR) is 74.5 cm³/mol. The summed E-state index contributed by atoms with van der Waals surface area (Å²) < 4.78 is 6.73. The van der Waals surface area contributed by atoms with Gasteiger partial charge in [0.2, 0.25) is 0 Å². The third-order valence-electron chi connectivity index (χ3n) is 4.06. The number of aliphatic hydroxyl groups excluding tert-OH is 1. The van der Waals surface area contributed by atoms with Crippen LogP contribution in [-0.2, 0) is 6.54 Å². The maximum absolute atomic E-state index is 11.8. The summed E-state index contributed by atoms with van der Waals surface area (Å²) in [6.07, 6.45) is 2.41. The molecule has 2 atom stereocenters. The Balaban J connectivity index is 1.69. The Morgan fingerprint density at radius 2 is 2.40 bits per heavy atom. The standard InChI is InChI=1S/C14H19N3O3/c1-10(18)11-4-6-16(9-11)7-8-17-13-12(20-14(17)19)3-2-5-15-13/h2-3,5,10-11,18H,4,6-9H2,1H3. The molecule has 3 rings (SSSR count). The van der Waals surface area contributed by atoms with Crippen molar-refractivity contribution in [3.8, 4) is 0 Å². The van der Waals surface area contributed by atoms with Crippen LogP contribution in [0.15, 0.2) is 27.5 Å². The molecule has 0 saturated carbocycles. The number of pyridine rings is 1. The summed E-state index contributed by atoms with van der Waals surface area (Å²) in [4.78, 5) is 18.3. The van der Waals surface area contributed by atoms with Gasteiger partial charge < -0.3 is 14.4 Å². The fourth-order valence-corrected chi connectivity index (χ4v) is 2.80. The van der Waals surface area contributed by atoms with Gasteiger partial charge in [-0.2, -0.15) is 0 Å². The summed E-state index contributed by atoms with van der Waals surface area (Å²) in [5.74, 6) is -0.0177. The van der Waals surface area contributed by atoms with Crippen LogP contribution in [0.4, 0.5) is 0 Å². The lowest BCUT2D eigenvalue weighted by atomic mass is 10.0. The van der Waals surface area contributed by atoms with E-state index in [2.05, 4.69) is 9.88 Å². The Bertz CT molecular complexity index is 646. The molecule has 2 unspecified atom stereocenters. The normalized spacial score (nSPS) is 21.6. The van der Waals surface area contributed by atoms with Crippen LogP contribution in [0.5, 0.6) is 0 Å². The Kier molecular flexibility index (Phi) is 3.58. The van der Waals surface area contributed by atoms with Crippen LogP contribution in [0.2, 0.25) is 0 Å². The molecule has 6 nitrogen and oxygen atoms in total. The van der Waals surface area contributed by atoms with Gasteiger partial charge in [-0.05, 0) is 37.9 Å². The maximum Gasteiger partial charge on any atom is 0.421 e. The van der Waals surface area contributed by atoms with E-state index in [1.165, 1.54) is 0 Å². The van der Waals surface area contributed by atoms with Crippen LogP contribution < -0.4 is 5.76 Å². The van der Waals surface area contributed by atoms with E-state index in [-0.39, 0.29) is 11.9 Å². The first-order valence-corrected chi connectivity index (χ1v) is 7.00. The van der Waals surface area contributed by atoms with Crippen molar-refractivity contribution in [3.63, 3.8) is 0 Å². The van der Waals surface area contributed by atoms with E-state index < -0.39 is 0 Å². The van der Waals surface area contributed by atoms with Crippen molar-refractivity contribution in [1.82, 2.24) is 14.5 Å². The van der Waals surface area contributed by atoms with E-state index in [1.54, 1.807) is 22.9 Å². The lowest BCUT2D eigenvalue weighted by Crippen LogP contribution is -2.29. The number of aliphatic hydroxyl groups is 1. The first-order valence-electron chi connectivity index (χ1n) is 7.00. The van der Waals surface area contributed by atoms with E-state index in [9.17, 15) is 9.90 Å².